The summed E-state index contributed by atoms with van der Waals surface area (Å²) in [5, 5.41) is 5.48. The minimum atomic E-state index is -0.338. The van der Waals surface area contributed by atoms with Crippen LogP contribution in [0.25, 0.3) is 11.0 Å². The highest BCUT2D eigenvalue weighted by molar-refractivity contribution is 6.32. The normalized spacial score (nSPS) is 17.9. The first-order valence-electron chi connectivity index (χ1n) is 9.94. The average Bonchev–Trinajstić information content (AvgIpc) is 3.26. The number of halogens is 2. The van der Waals surface area contributed by atoms with E-state index in [9.17, 15) is 14.0 Å². The van der Waals surface area contributed by atoms with E-state index in [0.717, 1.165) is 37.0 Å². The molecule has 0 saturated carbocycles. The molecule has 2 aliphatic heterocycles. The number of rotatable bonds is 4. The standard InChI is InChI=1S/C22H19ClFN3O3/c23-14-1-3-16-18(11-14)22(29)27(21(16)28)10-9-26-7-5-13(6-8-26)20-17-4-2-15(24)12-19(17)30-25-20/h1-4,11-13H,5-10H2. The first kappa shape index (κ1) is 19.2. The van der Waals surface area contributed by atoms with Gasteiger partial charge < -0.3 is 9.42 Å². The Morgan fingerprint density at radius 3 is 2.60 bits per heavy atom. The summed E-state index contributed by atoms with van der Waals surface area (Å²) in [5.74, 6) is -0.638. The molecule has 0 unspecified atom stereocenters. The smallest absolute Gasteiger partial charge is 0.261 e. The van der Waals surface area contributed by atoms with Crippen molar-refractivity contribution in [2.24, 2.45) is 0 Å². The van der Waals surface area contributed by atoms with E-state index in [0.29, 0.717) is 34.8 Å². The van der Waals surface area contributed by atoms with Crippen molar-refractivity contribution in [2.75, 3.05) is 26.2 Å². The number of hydrogen-bond acceptors (Lipinski definition) is 5. The maximum Gasteiger partial charge on any atom is 0.261 e. The molecule has 1 fully saturated rings. The lowest BCUT2D eigenvalue weighted by Crippen LogP contribution is -2.41. The van der Waals surface area contributed by atoms with E-state index in [-0.39, 0.29) is 23.5 Å². The number of likely N-dealkylation sites (tertiary alicyclic amines) is 1. The highest BCUT2D eigenvalue weighted by atomic mass is 35.5. The van der Waals surface area contributed by atoms with Crippen LogP contribution >= 0.6 is 11.6 Å². The number of benzene rings is 2. The molecule has 2 amide bonds. The van der Waals surface area contributed by atoms with E-state index in [2.05, 4.69) is 10.1 Å². The van der Waals surface area contributed by atoms with Crippen molar-refractivity contribution in [3.05, 3.63) is 64.1 Å². The van der Waals surface area contributed by atoms with Gasteiger partial charge in [0.2, 0.25) is 0 Å². The van der Waals surface area contributed by atoms with Crippen molar-refractivity contribution in [3.63, 3.8) is 0 Å². The number of piperidine rings is 1. The van der Waals surface area contributed by atoms with Crippen LogP contribution in [0.1, 0.15) is 45.2 Å². The molecule has 1 saturated heterocycles. The molecule has 6 nitrogen and oxygen atoms in total. The molecule has 0 radical (unpaired) electrons. The molecule has 2 aromatic carbocycles. The number of carbonyl (C=O) groups excluding carboxylic acids is 2. The highest BCUT2D eigenvalue weighted by Gasteiger charge is 2.36. The Labute approximate surface area is 177 Å². The third kappa shape index (κ3) is 3.28. The molecule has 0 N–H and O–H groups in total. The summed E-state index contributed by atoms with van der Waals surface area (Å²) < 4.78 is 18.7. The first-order valence-corrected chi connectivity index (χ1v) is 10.3. The Hall–Kier alpha value is -2.77. The second-order valence-electron chi connectivity index (χ2n) is 7.78. The van der Waals surface area contributed by atoms with Crippen LogP contribution in [0.3, 0.4) is 0 Å². The Balaban J connectivity index is 1.20. The lowest BCUT2D eigenvalue weighted by Gasteiger charge is -2.32. The molecule has 8 heteroatoms. The molecule has 0 spiro atoms. The van der Waals surface area contributed by atoms with Crippen LogP contribution in [0, 0.1) is 5.82 Å². The minimum Gasteiger partial charge on any atom is -0.356 e. The molecule has 1 aromatic heterocycles. The van der Waals surface area contributed by atoms with Gasteiger partial charge in [0.05, 0.1) is 16.8 Å². The Morgan fingerprint density at radius 2 is 1.80 bits per heavy atom. The predicted molar refractivity (Wildman–Crippen MR) is 109 cm³/mol. The van der Waals surface area contributed by atoms with Crippen LogP contribution in [-0.4, -0.2) is 52.9 Å². The van der Waals surface area contributed by atoms with Crippen molar-refractivity contribution in [1.29, 1.82) is 0 Å². The zero-order valence-corrected chi connectivity index (χ0v) is 16.9. The van der Waals surface area contributed by atoms with Gasteiger partial charge in [0.15, 0.2) is 5.58 Å². The van der Waals surface area contributed by atoms with E-state index in [4.69, 9.17) is 16.1 Å². The minimum absolute atomic E-state index is 0.245. The molecule has 2 aliphatic rings. The summed E-state index contributed by atoms with van der Waals surface area (Å²) in [5.41, 5.74) is 2.14. The third-order valence-corrected chi connectivity index (χ3v) is 6.24. The molecule has 3 heterocycles. The summed E-state index contributed by atoms with van der Waals surface area (Å²) in [7, 11) is 0. The van der Waals surface area contributed by atoms with Gasteiger partial charge in [-0.25, -0.2) is 4.39 Å². The van der Waals surface area contributed by atoms with E-state index >= 15 is 0 Å². The average molecular weight is 428 g/mol. The highest BCUT2D eigenvalue weighted by Crippen LogP contribution is 2.33. The number of carbonyl (C=O) groups is 2. The number of aromatic nitrogens is 1. The van der Waals surface area contributed by atoms with E-state index < -0.39 is 0 Å². The van der Waals surface area contributed by atoms with Gasteiger partial charge in [-0.05, 0) is 56.3 Å². The Morgan fingerprint density at radius 1 is 1.03 bits per heavy atom. The number of hydrogen-bond donors (Lipinski definition) is 0. The molecule has 0 atom stereocenters. The fraction of sp³-hybridized carbons (Fsp3) is 0.318. The second-order valence-corrected chi connectivity index (χ2v) is 8.21. The van der Waals surface area contributed by atoms with Crippen molar-refractivity contribution >= 4 is 34.4 Å². The molecule has 0 aliphatic carbocycles. The van der Waals surface area contributed by atoms with Crippen LogP contribution < -0.4 is 0 Å². The number of imide groups is 1. The van der Waals surface area contributed by atoms with E-state index in [1.54, 1.807) is 24.3 Å². The summed E-state index contributed by atoms with van der Waals surface area (Å²) in [6.07, 6.45) is 1.77. The molecule has 154 valence electrons. The van der Waals surface area contributed by atoms with Crippen LogP contribution in [0.15, 0.2) is 40.9 Å². The second kappa shape index (κ2) is 7.49. The fourth-order valence-electron chi connectivity index (χ4n) is 4.36. The van der Waals surface area contributed by atoms with Crippen molar-refractivity contribution in [1.82, 2.24) is 15.0 Å². The lowest BCUT2D eigenvalue weighted by molar-refractivity contribution is 0.0629. The lowest BCUT2D eigenvalue weighted by atomic mass is 9.91. The molecule has 30 heavy (non-hydrogen) atoms. The number of amides is 2. The van der Waals surface area contributed by atoms with Crippen LogP contribution in [-0.2, 0) is 0 Å². The zero-order chi connectivity index (χ0) is 20.8. The third-order valence-electron chi connectivity index (χ3n) is 6.01. The largest absolute Gasteiger partial charge is 0.356 e. The van der Waals surface area contributed by atoms with Gasteiger partial charge in [-0.3, -0.25) is 14.5 Å². The van der Waals surface area contributed by atoms with Crippen molar-refractivity contribution in [2.45, 2.75) is 18.8 Å². The Kier molecular flexibility index (Phi) is 4.79. The number of nitrogens with zero attached hydrogens (tertiary/aromatic N) is 3. The van der Waals surface area contributed by atoms with Crippen LogP contribution in [0.4, 0.5) is 4.39 Å². The molecular formula is C22H19ClFN3O3. The Bertz CT molecular complexity index is 1150. The predicted octanol–water partition coefficient (Wildman–Crippen LogP) is 4.10. The first-order chi connectivity index (χ1) is 14.5. The summed E-state index contributed by atoms with van der Waals surface area (Å²) in [6.45, 7) is 2.63. The molecule has 5 rings (SSSR count). The van der Waals surface area contributed by atoms with Gasteiger partial charge in [0.1, 0.15) is 5.82 Å². The number of fused-ring (bicyclic) bond motifs is 2. The maximum atomic E-state index is 13.4. The van der Waals surface area contributed by atoms with Crippen LogP contribution in [0.5, 0.6) is 0 Å². The summed E-state index contributed by atoms with van der Waals surface area (Å²) in [6, 6.07) is 9.29. The van der Waals surface area contributed by atoms with Crippen molar-refractivity contribution < 1.29 is 18.5 Å². The van der Waals surface area contributed by atoms with Gasteiger partial charge >= 0.3 is 0 Å². The SMILES string of the molecule is O=C1c2ccc(Cl)cc2C(=O)N1CCN1CCC(c2noc3cc(F)ccc23)CC1. The van der Waals surface area contributed by atoms with Gasteiger partial charge in [-0.15, -0.1) is 0 Å². The fourth-order valence-corrected chi connectivity index (χ4v) is 4.53. The van der Waals surface area contributed by atoms with Crippen LogP contribution in [0.2, 0.25) is 5.02 Å². The van der Waals surface area contributed by atoms with Gasteiger partial charge in [-0.1, -0.05) is 16.8 Å². The molecular weight excluding hydrogens is 409 g/mol. The van der Waals surface area contributed by atoms with Crippen molar-refractivity contribution in [3.8, 4) is 0 Å². The maximum absolute atomic E-state index is 13.4. The van der Waals surface area contributed by atoms with E-state index in [1.807, 2.05) is 0 Å². The molecule has 3 aromatic rings. The molecule has 0 bridgehead atoms. The van der Waals surface area contributed by atoms with Gasteiger partial charge in [-0.2, -0.15) is 0 Å². The summed E-state index contributed by atoms with van der Waals surface area (Å²) >= 11 is 5.96. The van der Waals surface area contributed by atoms with Gasteiger partial charge in [0, 0.05) is 35.5 Å². The van der Waals surface area contributed by atoms with E-state index in [1.165, 1.54) is 17.0 Å². The van der Waals surface area contributed by atoms with Gasteiger partial charge in [0.25, 0.3) is 11.8 Å². The summed E-state index contributed by atoms with van der Waals surface area (Å²) in [4.78, 5) is 28.7. The quantitative estimate of drug-likeness (QED) is 0.586. The topological polar surface area (TPSA) is 66.7 Å². The monoisotopic (exact) mass is 427 g/mol. The zero-order valence-electron chi connectivity index (χ0n) is 16.1.